The van der Waals surface area contributed by atoms with E-state index in [1.54, 1.807) is 24.3 Å². The molecule has 1 heterocycles. The van der Waals surface area contributed by atoms with E-state index in [1.165, 1.54) is 11.3 Å². The van der Waals surface area contributed by atoms with Gasteiger partial charge in [-0.3, -0.25) is 4.79 Å². The van der Waals surface area contributed by atoms with E-state index in [-0.39, 0.29) is 5.91 Å². The first-order valence-electron chi connectivity index (χ1n) is 5.83. The summed E-state index contributed by atoms with van der Waals surface area (Å²) >= 11 is 7.01. The number of hydrogen-bond donors (Lipinski definition) is 2. The molecular formula is C12H13ClN4OS. The van der Waals surface area contributed by atoms with E-state index < -0.39 is 0 Å². The van der Waals surface area contributed by atoms with Gasteiger partial charge in [0.1, 0.15) is 0 Å². The Morgan fingerprint density at radius 3 is 2.74 bits per heavy atom. The average Bonchev–Trinajstić information content (AvgIpc) is 2.88. The highest BCUT2D eigenvalue weighted by molar-refractivity contribution is 7.17. The summed E-state index contributed by atoms with van der Waals surface area (Å²) in [5, 5.41) is 15.2. The van der Waals surface area contributed by atoms with E-state index in [2.05, 4.69) is 27.8 Å². The molecule has 1 aromatic heterocycles. The minimum absolute atomic E-state index is 0.274. The van der Waals surface area contributed by atoms with Crippen molar-refractivity contribution in [3.8, 4) is 0 Å². The molecule has 1 amide bonds. The number of carbonyl (C=O) groups is 1. The van der Waals surface area contributed by atoms with Gasteiger partial charge in [-0.25, -0.2) is 0 Å². The predicted molar refractivity (Wildman–Crippen MR) is 78.1 cm³/mol. The number of anilines is 2. The van der Waals surface area contributed by atoms with Crippen molar-refractivity contribution in [3.63, 3.8) is 0 Å². The maximum absolute atomic E-state index is 11.9. The summed E-state index contributed by atoms with van der Waals surface area (Å²) in [6.45, 7) is 2.87. The monoisotopic (exact) mass is 296 g/mol. The fourth-order valence-electron chi connectivity index (χ4n) is 1.34. The van der Waals surface area contributed by atoms with Crippen molar-refractivity contribution in [1.29, 1.82) is 0 Å². The highest BCUT2D eigenvalue weighted by atomic mass is 35.5. The maximum Gasteiger partial charge on any atom is 0.286 e. The molecule has 19 heavy (non-hydrogen) atoms. The van der Waals surface area contributed by atoms with E-state index in [4.69, 9.17) is 11.6 Å². The van der Waals surface area contributed by atoms with E-state index in [0.29, 0.717) is 20.8 Å². The SMILES string of the molecule is CCCNc1nnc(C(=O)Nc2ccc(Cl)cc2)s1. The predicted octanol–water partition coefficient (Wildman–Crippen LogP) is 3.27. The van der Waals surface area contributed by atoms with Crippen molar-refractivity contribution in [2.24, 2.45) is 0 Å². The summed E-state index contributed by atoms with van der Waals surface area (Å²) < 4.78 is 0. The molecule has 0 spiro atoms. The highest BCUT2D eigenvalue weighted by Gasteiger charge is 2.12. The number of halogens is 1. The number of benzene rings is 1. The standard InChI is InChI=1S/C12H13ClN4OS/c1-2-7-14-12-17-16-11(19-12)10(18)15-9-5-3-8(13)4-6-9/h3-6H,2,7H2,1H3,(H,14,17)(H,15,18). The number of rotatable bonds is 5. The van der Waals surface area contributed by atoms with Crippen LogP contribution in [0.3, 0.4) is 0 Å². The van der Waals surface area contributed by atoms with Crippen LogP contribution in [0.15, 0.2) is 24.3 Å². The largest absolute Gasteiger partial charge is 0.360 e. The Hall–Kier alpha value is -1.66. The van der Waals surface area contributed by atoms with Crippen molar-refractivity contribution in [2.45, 2.75) is 13.3 Å². The fraction of sp³-hybridized carbons (Fsp3) is 0.250. The molecule has 0 radical (unpaired) electrons. The number of aromatic nitrogens is 2. The van der Waals surface area contributed by atoms with Crippen LogP contribution < -0.4 is 10.6 Å². The molecule has 0 unspecified atom stereocenters. The Labute approximate surface area is 120 Å². The molecule has 0 bridgehead atoms. The molecule has 0 fully saturated rings. The molecule has 0 aliphatic rings. The minimum Gasteiger partial charge on any atom is -0.360 e. The summed E-state index contributed by atoms with van der Waals surface area (Å²) in [6.07, 6.45) is 0.992. The molecule has 2 rings (SSSR count). The summed E-state index contributed by atoms with van der Waals surface area (Å²) in [4.78, 5) is 11.9. The van der Waals surface area contributed by atoms with Crippen molar-refractivity contribution in [1.82, 2.24) is 10.2 Å². The second kappa shape index (κ2) is 6.49. The van der Waals surface area contributed by atoms with Gasteiger partial charge in [-0.1, -0.05) is 29.9 Å². The fourth-order valence-corrected chi connectivity index (χ4v) is 2.13. The molecule has 0 aliphatic heterocycles. The molecule has 1 aromatic carbocycles. The first-order chi connectivity index (χ1) is 9.19. The van der Waals surface area contributed by atoms with Crippen LogP contribution in [0.4, 0.5) is 10.8 Å². The molecule has 2 aromatic rings. The molecule has 5 nitrogen and oxygen atoms in total. The first-order valence-corrected chi connectivity index (χ1v) is 7.03. The Balaban J connectivity index is 1.99. The average molecular weight is 297 g/mol. The molecule has 7 heteroatoms. The van der Waals surface area contributed by atoms with Gasteiger partial charge in [-0.2, -0.15) is 0 Å². The third-order valence-corrected chi connectivity index (χ3v) is 3.38. The molecule has 0 atom stereocenters. The van der Waals surface area contributed by atoms with Gasteiger partial charge >= 0.3 is 0 Å². The summed E-state index contributed by atoms with van der Waals surface area (Å²) in [5.74, 6) is -0.274. The molecule has 100 valence electrons. The van der Waals surface area contributed by atoms with Gasteiger partial charge in [-0.05, 0) is 30.7 Å². The number of hydrogen-bond acceptors (Lipinski definition) is 5. The molecule has 0 aliphatic carbocycles. The molecular weight excluding hydrogens is 284 g/mol. The zero-order valence-electron chi connectivity index (χ0n) is 10.3. The van der Waals surface area contributed by atoms with Gasteiger partial charge < -0.3 is 10.6 Å². The van der Waals surface area contributed by atoms with Crippen molar-refractivity contribution in [2.75, 3.05) is 17.2 Å². The third-order valence-electron chi connectivity index (χ3n) is 2.25. The van der Waals surface area contributed by atoms with Crippen molar-refractivity contribution in [3.05, 3.63) is 34.3 Å². The van der Waals surface area contributed by atoms with Crippen LogP contribution in [0.5, 0.6) is 0 Å². The number of amides is 1. The first kappa shape index (κ1) is 13.8. The van der Waals surface area contributed by atoms with Gasteiger partial charge in [0.05, 0.1) is 0 Å². The maximum atomic E-state index is 11.9. The van der Waals surface area contributed by atoms with Gasteiger partial charge in [0.25, 0.3) is 5.91 Å². The van der Waals surface area contributed by atoms with Gasteiger partial charge in [-0.15, -0.1) is 10.2 Å². The summed E-state index contributed by atoms with van der Waals surface area (Å²) in [5.41, 5.74) is 0.674. The second-order valence-electron chi connectivity index (χ2n) is 3.80. The normalized spacial score (nSPS) is 10.2. The topological polar surface area (TPSA) is 66.9 Å². The lowest BCUT2D eigenvalue weighted by molar-refractivity contribution is 0.102. The van der Waals surface area contributed by atoms with E-state index >= 15 is 0 Å². The lowest BCUT2D eigenvalue weighted by Crippen LogP contribution is -2.11. The Morgan fingerprint density at radius 1 is 1.32 bits per heavy atom. The van der Waals surface area contributed by atoms with Crippen LogP contribution in [-0.2, 0) is 0 Å². The highest BCUT2D eigenvalue weighted by Crippen LogP contribution is 2.18. The van der Waals surface area contributed by atoms with Crippen LogP contribution in [0.2, 0.25) is 5.02 Å². The van der Waals surface area contributed by atoms with Crippen LogP contribution >= 0.6 is 22.9 Å². The van der Waals surface area contributed by atoms with Crippen LogP contribution in [0, 0.1) is 0 Å². The van der Waals surface area contributed by atoms with E-state index in [1.807, 2.05) is 0 Å². The minimum atomic E-state index is -0.274. The number of carbonyl (C=O) groups excluding carboxylic acids is 1. The number of nitrogens with zero attached hydrogens (tertiary/aromatic N) is 2. The molecule has 0 saturated carbocycles. The summed E-state index contributed by atoms with van der Waals surface area (Å²) in [6, 6.07) is 6.89. The Morgan fingerprint density at radius 2 is 2.05 bits per heavy atom. The Bertz CT molecular complexity index is 555. The van der Waals surface area contributed by atoms with Gasteiger partial charge in [0, 0.05) is 17.3 Å². The summed E-state index contributed by atoms with van der Waals surface area (Å²) in [7, 11) is 0. The van der Waals surface area contributed by atoms with Crippen molar-refractivity contribution < 1.29 is 4.79 Å². The second-order valence-corrected chi connectivity index (χ2v) is 5.21. The lowest BCUT2D eigenvalue weighted by Gasteiger charge is -2.01. The van der Waals surface area contributed by atoms with E-state index in [0.717, 1.165) is 13.0 Å². The van der Waals surface area contributed by atoms with Crippen LogP contribution in [0.25, 0.3) is 0 Å². The number of nitrogens with one attached hydrogen (secondary N) is 2. The molecule has 2 N–H and O–H groups in total. The zero-order chi connectivity index (χ0) is 13.7. The lowest BCUT2D eigenvalue weighted by atomic mass is 10.3. The van der Waals surface area contributed by atoms with Gasteiger partial charge in [0.2, 0.25) is 10.1 Å². The smallest absolute Gasteiger partial charge is 0.286 e. The quantitative estimate of drug-likeness (QED) is 0.888. The third kappa shape index (κ3) is 3.90. The van der Waals surface area contributed by atoms with Crippen LogP contribution in [0.1, 0.15) is 23.1 Å². The molecule has 0 saturated heterocycles. The zero-order valence-corrected chi connectivity index (χ0v) is 11.9. The van der Waals surface area contributed by atoms with Crippen molar-refractivity contribution >= 4 is 39.7 Å². The van der Waals surface area contributed by atoms with E-state index in [9.17, 15) is 4.79 Å². The Kier molecular flexibility index (Phi) is 4.70. The van der Waals surface area contributed by atoms with Gasteiger partial charge in [0.15, 0.2) is 0 Å². The van der Waals surface area contributed by atoms with Crippen LogP contribution in [-0.4, -0.2) is 22.6 Å².